The van der Waals surface area contributed by atoms with E-state index in [1.54, 1.807) is 37.6 Å². The predicted molar refractivity (Wildman–Crippen MR) is 91.0 cm³/mol. The monoisotopic (exact) mass is 351 g/mol. The van der Waals surface area contributed by atoms with E-state index in [4.69, 9.17) is 0 Å². The van der Waals surface area contributed by atoms with Crippen molar-refractivity contribution in [2.75, 3.05) is 4.72 Å². The molecule has 24 heavy (non-hydrogen) atoms. The molecule has 0 spiro atoms. The summed E-state index contributed by atoms with van der Waals surface area (Å²) in [5.41, 5.74) is 1.35. The Morgan fingerprint density at radius 1 is 1.25 bits per heavy atom. The summed E-state index contributed by atoms with van der Waals surface area (Å²) in [6, 6.07) is 4.68. The van der Waals surface area contributed by atoms with Gasteiger partial charge in [0.1, 0.15) is 4.90 Å². The summed E-state index contributed by atoms with van der Waals surface area (Å²) in [6.07, 6.45) is 0. The minimum Gasteiger partial charge on any atom is -0.478 e. The molecular formula is C16H21N3O4S. The number of carbonyl (C=O) groups is 1. The fourth-order valence-electron chi connectivity index (χ4n) is 2.77. The van der Waals surface area contributed by atoms with E-state index >= 15 is 0 Å². The molecule has 7 nitrogen and oxygen atoms in total. The number of aromatic carboxylic acids is 1. The Morgan fingerprint density at radius 2 is 1.88 bits per heavy atom. The standard InChI is InChI=1S/C16H21N3O4S/c1-9(2)19-12(5)15(11(4)17-19)24(22,23)18-13-8-6-7-10(3)14(13)16(20)21/h6-9,18H,1-5H3,(H,20,21). The van der Waals surface area contributed by atoms with Crippen LogP contribution in [0.25, 0.3) is 0 Å². The van der Waals surface area contributed by atoms with Gasteiger partial charge in [-0.05, 0) is 46.2 Å². The molecule has 0 aliphatic rings. The summed E-state index contributed by atoms with van der Waals surface area (Å²) in [5.74, 6) is -1.18. The van der Waals surface area contributed by atoms with Crippen LogP contribution in [0.3, 0.4) is 0 Å². The van der Waals surface area contributed by atoms with E-state index in [0.29, 0.717) is 17.0 Å². The molecule has 0 bridgehead atoms. The Balaban J connectivity index is 2.56. The third-order valence-electron chi connectivity index (χ3n) is 3.75. The maximum absolute atomic E-state index is 12.8. The Bertz CT molecular complexity index is 898. The van der Waals surface area contributed by atoms with Gasteiger partial charge in [-0.25, -0.2) is 13.2 Å². The molecule has 130 valence electrons. The van der Waals surface area contributed by atoms with Gasteiger partial charge in [-0.15, -0.1) is 0 Å². The van der Waals surface area contributed by atoms with Crippen molar-refractivity contribution in [1.29, 1.82) is 0 Å². The van der Waals surface area contributed by atoms with Gasteiger partial charge in [0.15, 0.2) is 0 Å². The van der Waals surface area contributed by atoms with Crippen molar-refractivity contribution in [2.45, 2.75) is 45.6 Å². The van der Waals surface area contributed by atoms with Gasteiger partial charge in [-0.3, -0.25) is 9.40 Å². The number of nitrogens with one attached hydrogen (secondary N) is 1. The lowest BCUT2D eigenvalue weighted by molar-refractivity contribution is 0.0697. The number of anilines is 1. The van der Waals surface area contributed by atoms with E-state index in [2.05, 4.69) is 9.82 Å². The van der Waals surface area contributed by atoms with E-state index in [-0.39, 0.29) is 22.2 Å². The van der Waals surface area contributed by atoms with E-state index in [1.165, 1.54) is 6.07 Å². The van der Waals surface area contributed by atoms with Crippen molar-refractivity contribution in [3.8, 4) is 0 Å². The highest BCUT2D eigenvalue weighted by atomic mass is 32.2. The highest BCUT2D eigenvalue weighted by molar-refractivity contribution is 7.92. The molecule has 1 aromatic carbocycles. The molecule has 0 saturated carbocycles. The van der Waals surface area contributed by atoms with Crippen LogP contribution in [-0.4, -0.2) is 29.3 Å². The normalized spacial score (nSPS) is 11.8. The second-order valence-electron chi connectivity index (χ2n) is 5.95. The van der Waals surface area contributed by atoms with E-state index in [0.717, 1.165) is 0 Å². The topological polar surface area (TPSA) is 101 Å². The van der Waals surface area contributed by atoms with Gasteiger partial charge in [-0.2, -0.15) is 5.10 Å². The van der Waals surface area contributed by atoms with E-state index < -0.39 is 16.0 Å². The minimum absolute atomic E-state index is 0.0150. The molecule has 0 aliphatic heterocycles. The lowest BCUT2D eigenvalue weighted by Crippen LogP contribution is -2.18. The van der Waals surface area contributed by atoms with Crippen LogP contribution in [0.4, 0.5) is 5.69 Å². The lowest BCUT2D eigenvalue weighted by Gasteiger charge is -2.13. The number of benzene rings is 1. The number of carboxylic acid groups (broad SMARTS) is 1. The molecule has 2 aromatic rings. The number of hydrogen-bond donors (Lipinski definition) is 2. The summed E-state index contributed by atoms with van der Waals surface area (Å²) in [5, 5.41) is 13.6. The van der Waals surface area contributed by atoms with Crippen LogP contribution < -0.4 is 4.72 Å². The smallest absolute Gasteiger partial charge is 0.338 e. The molecule has 2 N–H and O–H groups in total. The summed E-state index contributed by atoms with van der Waals surface area (Å²) in [4.78, 5) is 11.5. The van der Waals surface area contributed by atoms with Crippen molar-refractivity contribution >= 4 is 21.7 Å². The number of carboxylic acids is 1. The quantitative estimate of drug-likeness (QED) is 0.862. The van der Waals surface area contributed by atoms with Crippen LogP contribution in [0.1, 0.15) is 47.2 Å². The number of aromatic nitrogens is 2. The molecule has 1 heterocycles. The fourth-order valence-corrected chi connectivity index (χ4v) is 4.25. The molecule has 0 amide bonds. The molecule has 0 atom stereocenters. The molecule has 2 rings (SSSR count). The van der Waals surface area contributed by atoms with Crippen molar-refractivity contribution in [3.05, 3.63) is 40.7 Å². The first kappa shape index (κ1) is 18.0. The highest BCUT2D eigenvalue weighted by Crippen LogP contribution is 2.27. The van der Waals surface area contributed by atoms with Crippen LogP contribution in [0.2, 0.25) is 0 Å². The number of rotatable bonds is 5. The van der Waals surface area contributed by atoms with Crippen LogP contribution in [0, 0.1) is 20.8 Å². The van der Waals surface area contributed by atoms with Gasteiger partial charge in [0, 0.05) is 6.04 Å². The van der Waals surface area contributed by atoms with Gasteiger partial charge in [0.05, 0.1) is 22.6 Å². The summed E-state index contributed by atoms with van der Waals surface area (Å²) in [6.45, 7) is 8.74. The molecule has 0 radical (unpaired) electrons. The third kappa shape index (κ3) is 3.14. The zero-order chi connectivity index (χ0) is 18.2. The van der Waals surface area contributed by atoms with Crippen molar-refractivity contribution in [1.82, 2.24) is 9.78 Å². The van der Waals surface area contributed by atoms with Crippen LogP contribution in [0.15, 0.2) is 23.1 Å². The van der Waals surface area contributed by atoms with Gasteiger partial charge < -0.3 is 5.11 Å². The molecule has 8 heteroatoms. The van der Waals surface area contributed by atoms with Gasteiger partial charge >= 0.3 is 5.97 Å². The van der Waals surface area contributed by atoms with Crippen LogP contribution >= 0.6 is 0 Å². The van der Waals surface area contributed by atoms with Gasteiger partial charge in [0.2, 0.25) is 0 Å². The summed E-state index contributed by atoms with van der Waals surface area (Å²) in [7, 11) is -3.96. The second-order valence-corrected chi connectivity index (χ2v) is 7.57. The van der Waals surface area contributed by atoms with Crippen molar-refractivity contribution in [2.24, 2.45) is 0 Å². The van der Waals surface area contributed by atoms with E-state index in [1.807, 2.05) is 13.8 Å². The van der Waals surface area contributed by atoms with Gasteiger partial charge in [-0.1, -0.05) is 12.1 Å². The van der Waals surface area contributed by atoms with Crippen LogP contribution in [-0.2, 0) is 10.0 Å². The first-order valence-corrected chi connectivity index (χ1v) is 8.96. The fraction of sp³-hybridized carbons (Fsp3) is 0.375. The number of aryl methyl sites for hydroxylation is 2. The van der Waals surface area contributed by atoms with Crippen molar-refractivity contribution in [3.63, 3.8) is 0 Å². The minimum atomic E-state index is -3.96. The molecule has 0 unspecified atom stereocenters. The summed E-state index contributed by atoms with van der Waals surface area (Å²) >= 11 is 0. The van der Waals surface area contributed by atoms with Gasteiger partial charge in [0.25, 0.3) is 10.0 Å². The zero-order valence-corrected chi connectivity index (χ0v) is 15.1. The van der Waals surface area contributed by atoms with E-state index in [9.17, 15) is 18.3 Å². The molecule has 0 saturated heterocycles. The molecular weight excluding hydrogens is 330 g/mol. The third-order valence-corrected chi connectivity index (χ3v) is 5.36. The molecule has 0 aliphatic carbocycles. The first-order chi connectivity index (χ1) is 11.1. The second kappa shape index (κ2) is 6.27. The Morgan fingerprint density at radius 3 is 2.38 bits per heavy atom. The predicted octanol–water partition coefficient (Wildman–Crippen LogP) is 2.89. The SMILES string of the molecule is Cc1cccc(NS(=O)(=O)c2c(C)nn(C(C)C)c2C)c1C(=O)O. The molecule has 0 fully saturated rings. The Kier molecular flexibility index (Phi) is 4.70. The highest BCUT2D eigenvalue weighted by Gasteiger charge is 2.27. The average molecular weight is 351 g/mol. The Hall–Kier alpha value is -2.35. The molecule has 1 aromatic heterocycles. The maximum Gasteiger partial charge on any atom is 0.338 e. The number of nitrogens with zero attached hydrogens (tertiary/aromatic N) is 2. The number of sulfonamides is 1. The Labute approximate surface area is 141 Å². The largest absolute Gasteiger partial charge is 0.478 e. The average Bonchev–Trinajstić information content (AvgIpc) is 2.73. The number of hydrogen-bond acceptors (Lipinski definition) is 4. The van der Waals surface area contributed by atoms with Crippen molar-refractivity contribution < 1.29 is 18.3 Å². The lowest BCUT2D eigenvalue weighted by atomic mass is 10.1. The zero-order valence-electron chi connectivity index (χ0n) is 14.3. The van der Waals surface area contributed by atoms with Crippen LogP contribution in [0.5, 0.6) is 0 Å². The summed E-state index contributed by atoms with van der Waals surface area (Å²) < 4.78 is 29.7. The first-order valence-electron chi connectivity index (χ1n) is 7.47. The maximum atomic E-state index is 12.8.